The van der Waals surface area contributed by atoms with Gasteiger partial charge in [0.15, 0.2) is 0 Å². The SMILES string of the molecule is N#Cc1ccc([N+](=O)[O-])c(CN([C@@H](CO)Cc2ccccc2)S(=O)(=O)c2cccs2)c1. The second-order valence-electron chi connectivity index (χ2n) is 6.72. The molecule has 1 atom stereocenters. The summed E-state index contributed by atoms with van der Waals surface area (Å²) >= 11 is 1.02. The Hall–Kier alpha value is -3.10. The topological polar surface area (TPSA) is 125 Å². The molecule has 10 heteroatoms. The van der Waals surface area contributed by atoms with Gasteiger partial charge in [0.1, 0.15) is 4.21 Å². The van der Waals surface area contributed by atoms with E-state index in [1.807, 2.05) is 36.4 Å². The van der Waals surface area contributed by atoms with Gasteiger partial charge in [-0.3, -0.25) is 10.1 Å². The first-order valence-corrected chi connectivity index (χ1v) is 11.6. The highest BCUT2D eigenvalue weighted by molar-refractivity contribution is 7.91. The van der Waals surface area contributed by atoms with E-state index in [-0.39, 0.29) is 34.0 Å². The highest BCUT2D eigenvalue weighted by Gasteiger charge is 2.34. The smallest absolute Gasteiger partial charge is 0.274 e. The Morgan fingerprint density at radius 1 is 1.16 bits per heavy atom. The second-order valence-corrected chi connectivity index (χ2v) is 9.79. The van der Waals surface area contributed by atoms with E-state index < -0.39 is 27.6 Å². The summed E-state index contributed by atoms with van der Waals surface area (Å²) in [5, 5.41) is 32.4. The maximum atomic E-state index is 13.4. The van der Waals surface area contributed by atoms with Gasteiger partial charge in [-0.2, -0.15) is 9.57 Å². The second kappa shape index (κ2) is 9.80. The van der Waals surface area contributed by atoms with Crippen molar-refractivity contribution in [2.24, 2.45) is 0 Å². The number of hydrogen-bond donors (Lipinski definition) is 1. The van der Waals surface area contributed by atoms with Crippen LogP contribution in [0, 0.1) is 21.4 Å². The molecule has 1 heterocycles. The molecule has 1 aromatic heterocycles. The monoisotopic (exact) mass is 457 g/mol. The zero-order valence-electron chi connectivity index (χ0n) is 16.3. The van der Waals surface area contributed by atoms with Gasteiger partial charge in [-0.25, -0.2) is 8.42 Å². The summed E-state index contributed by atoms with van der Waals surface area (Å²) in [5.41, 5.74) is 0.781. The fraction of sp³-hybridized carbons (Fsp3) is 0.190. The molecule has 3 aromatic rings. The summed E-state index contributed by atoms with van der Waals surface area (Å²) in [5.74, 6) is 0. The summed E-state index contributed by atoms with van der Waals surface area (Å²) in [4.78, 5) is 10.9. The number of aliphatic hydroxyl groups is 1. The summed E-state index contributed by atoms with van der Waals surface area (Å²) in [7, 11) is -4.06. The van der Waals surface area contributed by atoms with Crippen LogP contribution in [0.15, 0.2) is 70.3 Å². The van der Waals surface area contributed by atoms with Gasteiger partial charge in [0, 0.05) is 18.2 Å². The lowest BCUT2D eigenvalue weighted by atomic mass is 10.1. The zero-order chi connectivity index (χ0) is 22.4. The molecule has 0 aliphatic heterocycles. The normalized spacial score (nSPS) is 12.4. The number of nitrogens with zero attached hydrogens (tertiary/aromatic N) is 3. The lowest BCUT2D eigenvalue weighted by Crippen LogP contribution is -2.43. The van der Waals surface area contributed by atoms with Gasteiger partial charge in [-0.05, 0) is 35.6 Å². The number of nitro benzene ring substituents is 1. The third-order valence-electron chi connectivity index (χ3n) is 4.72. The Morgan fingerprint density at radius 2 is 1.90 bits per heavy atom. The minimum Gasteiger partial charge on any atom is -0.395 e. The van der Waals surface area contributed by atoms with Gasteiger partial charge in [0.25, 0.3) is 15.7 Å². The average molecular weight is 458 g/mol. The van der Waals surface area contributed by atoms with Crippen LogP contribution in [0.3, 0.4) is 0 Å². The molecule has 0 amide bonds. The number of nitro groups is 1. The van der Waals surface area contributed by atoms with Gasteiger partial charge < -0.3 is 5.11 Å². The van der Waals surface area contributed by atoms with Crippen LogP contribution in [0.2, 0.25) is 0 Å². The molecule has 3 rings (SSSR count). The van der Waals surface area contributed by atoms with Crippen LogP contribution in [0.25, 0.3) is 0 Å². The fourth-order valence-corrected chi connectivity index (χ4v) is 5.92. The maximum Gasteiger partial charge on any atom is 0.274 e. The van der Waals surface area contributed by atoms with E-state index in [0.717, 1.165) is 21.2 Å². The summed E-state index contributed by atoms with van der Waals surface area (Å²) in [6, 6.07) is 17.0. The quantitative estimate of drug-likeness (QED) is 0.388. The van der Waals surface area contributed by atoms with E-state index in [0.29, 0.717) is 0 Å². The van der Waals surface area contributed by atoms with Gasteiger partial charge >= 0.3 is 0 Å². The Labute approximate surface area is 183 Å². The van der Waals surface area contributed by atoms with Crippen LogP contribution in [0.5, 0.6) is 0 Å². The lowest BCUT2D eigenvalue weighted by molar-refractivity contribution is -0.385. The summed E-state index contributed by atoms with van der Waals surface area (Å²) in [6.45, 7) is -0.838. The Morgan fingerprint density at radius 3 is 2.48 bits per heavy atom. The minimum atomic E-state index is -4.06. The van der Waals surface area contributed by atoms with Crippen molar-refractivity contribution in [3.63, 3.8) is 0 Å². The average Bonchev–Trinajstić information content (AvgIpc) is 3.32. The van der Waals surface area contributed by atoms with Crippen molar-refractivity contribution in [1.29, 1.82) is 5.26 Å². The first kappa shape index (κ1) is 22.6. The number of benzene rings is 2. The van der Waals surface area contributed by atoms with Crippen molar-refractivity contribution in [3.05, 3.63) is 92.8 Å². The molecule has 0 aliphatic rings. The predicted molar refractivity (Wildman–Crippen MR) is 116 cm³/mol. The molecule has 0 fully saturated rings. The Bertz CT molecular complexity index is 1190. The zero-order valence-corrected chi connectivity index (χ0v) is 17.9. The van der Waals surface area contributed by atoms with Crippen molar-refractivity contribution < 1.29 is 18.4 Å². The number of aliphatic hydroxyl groups excluding tert-OH is 1. The lowest BCUT2D eigenvalue weighted by Gasteiger charge is -2.29. The fourth-order valence-electron chi connectivity index (χ4n) is 3.21. The molecule has 0 bridgehead atoms. The van der Waals surface area contributed by atoms with Crippen LogP contribution >= 0.6 is 11.3 Å². The highest BCUT2D eigenvalue weighted by Crippen LogP contribution is 2.29. The molecule has 1 N–H and O–H groups in total. The van der Waals surface area contributed by atoms with Crippen molar-refractivity contribution in [3.8, 4) is 6.07 Å². The Kier molecular flexibility index (Phi) is 7.14. The standard InChI is InChI=1S/C21H19N3O5S2/c22-13-17-8-9-20(24(26)27)18(11-17)14-23(31(28,29)21-7-4-10-30-21)19(15-25)12-16-5-2-1-3-6-16/h1-11,19,25H,12,14-15H2/t19-/m1/s1. The molecule has 0 unspecified atom stereocenters. The van der Waals surface area contributed by atoms with Crippen LogP contribution < -0.4 is 0 Å². The molecular formula is C21H19N3O5S2. The van der Waals surface area contributed by atoms with Crippen LogP contribution in [0.4, 0.5) is 5.69 Å². The van der Waals surface area contributed by atoms with Gasteiger partial charge in [0.05, 0.1) is 29.2 Å². The number of hydrogen-bond acceptors (Lipinski definition) is 7. The molecule has 8 nitrogen and oxygen atoms in total. The van der Waals surface area contributed by atoms with Crippen molar-refractivity contribution in [2.45, 2.75) is 23.2 Å². The first-order chi connectivity index (χ1) is 14.9. The number of thiophene rings is 1. The van der Waals surface area contributed by atoms with E-state index in [4.69, 9.17) is 0 Å². The highest BCUT2D eigenvalue weighted by atomic mass is 32.2. The van der Waals surface area contributed by atoms with Gasteiger partial charge in [0.2, 0.25) is 0 Å². The van der Waals surface area contributed by atoms with Crippen LogP contribution in [0.1, 0.15) is 16.7 Å². The third-order valence-corrected chi connectivity index (χ3v) is 7.99. The van der Waals surface area contributed by atoms with Crippen LogP contribution in [-0.4, -0.2) is 35.4 Å². The van der Waals surface area contributed by atoms with E-state index in [2.05, 4.69) is 0 Å². The van der Waals surface area contributed by atoms with Crippen molar-refractivity contribution in [2.75, 3.05) is 6.61 Å². The molecule has 0 saturated heterocycles. The Balaban J connectivity index is 2.09. The summed E-state index contributed by atoms with van der Waals surface area (Å²) < 4.78 is 28.0. The molecule has 0 spiro atoms. The maximum absolute atomic E-state index is 13.4. The van der Waals surface area contributed by atoms with E-state index in [1.54, 1.807) is 11.4 Å². The summed E-state index contributed by atoms with van der Waals surface area (Å²) in [6.07, 6.45) is 0.216. The molecule has 2 aromatic carbocycles. The van der Waals surface area contributed by atoms with Crippen molar-refractivity contribution >= 4 is 27.0 Å². The number of nitriles is 1. The van der Waals surface area contributed by atoms with E-state index in [1.165, 1.54) is 24.3 Å². The van der Waals surface area contributed by atoms with Gasteiger partial charge in [-0.1, -0.05) is 36.4 Å². The molecular weight excluding hydrogens is 438 g/mol. The van der Waals surface area contributed by atoms with Crippen molar-refractivity contribution in [1.82, 2.24) is 4.31 Å². The molecule has 160 valence electrons. The van der Waals surface area contributed by atoms with Gasteiger partial charge in [-0.15, -0.1) is 11.3 Å². The molecule has 0 radical (unpaired) electrons. The largest absolute Gasteiger partial charge is 0.395 e. The molecule has 0 aliphatic carbocycles. The predicted octanol–water partition coefficient (Wildman–Crippen LogP) is 3.32. The first-order valence-electron chi connectivity index (χ1n) is 9.24. The number of rotatable bonds is 9. The van der Waals surface area contributed by atoms with Crippen LogP contribution in [-0.2, 0) is 23.0 Å². The number of sulfonamides is 1. The third kappa shape index (κ3) is 5.15. The van der Waals surface area contributed by atoms with E-state index >= 15 is 0 Å². The minimum absolute atomic E-state index is 0.0677. The van der Waals surface area contributed by atoms with E-state index in [9.17, 15) is 28.9 Å². The molecule has 0 saturated carbocycles. The molecule has 31 heavy (non-hydrogen) atoms.